The van der Waals surface area contributed by atoms with Gasteiger partial charge in [-0.3, -0.25) is 9.48 Å². The van der Waals surface area contributed by atoms with Crippen molar-refractivity contribution in [3.8, 4) is 5.75 Å². The molecule has 0 unspecified atom stereocenters. The Kier molecular flexibility index (Phi) is 4.51. The number of hydrogen-bond acceptors (Lipinski definition) is 5. The first-order chi connectivity index (χ1) is 10.4. The number of aromatic nitrogens is 2. The highest BCUT2D eigenvalue weighted by Crippen LogP contribution is 2.27. The van der Waals surface area contributed by atoms with Crippen LogP contribution in [0.5, 0.6) is 5.75 Å². The Balaban J connectivity index is 2.34. The number of hydrogen-bond donors (Lipinski definition) is 2. The van der Waals surface area contributed by atoms with Crippen LogP contribution in [-0.2, 0) is 16.4 Å². The Morgan fingerprint density at radius 2 is 2.05 bits per heavy atom. The second-order valence-electron chi connectivity index (χ2n) is 4.57. The fraction of sp³-hybridized carbons (Fsp3) is 0.286. The summed E-state index contributed by atoms with van der Waals surface area (Å²) in [7, 11) is -3.42. The number of carbonyl (C=O) groups is 1. The van der Waals surface area contributed by atoms with Crippen molar-refractivity contribution in [2.24, 2.45) is 0 Å². The molecule has 0 saturated heterocycles. The SMILES string of the molecule is CCn1nccc1C(=O)Nc1cc(S(=O)(=O)CC)ccc1O. The number of rotatable bonds is 5. The van der Waals surface area contributed by atoms with E-state index in [1.165, 1.54) is 36.0 Å². The van der Waals surface area contributed by atoms with Crippen LogP contribution in [0.15, 0.2) is 35.4 Å². The molecule has 118 valence electrons. The van der Waals surface area contributed by atoms with Crippen molar-refractivity contribution in [3.05, 3.63) is 36.2 Å². The molecule has 0 spiro atoms. The third kappa shape index (κ3) is 3.11. The molecule has 0 aliphatic rings. The Bertz CT molecular complexity index is 796. The molecule has 8 heteroatoms. The summed E-state index contributed by atoms with van der Waals surface area (Å²) in [6.07, 6.45) is 1.50. The summed E-state index contributed by atoms with van der Waals surface area (Å²) in [4.78, 5) is 12.3. The molecule has 0 fully saturated rings. The van der Waals surface area contributed by atoms with E-state index in [1.54, 1.807) is 6.07 Å². The van der Waals surface area contributed by atoms with Gasteiger partial charge in [-0.25, -0.2) is 8.42 Å². The van der Waals surface area contributed by atoms with Crippen molar-refractivity contribution in [1.82, 2.24) is 9.78 Å². The molecule has 22 heavy (non-hydrogen) atoms. The second-order valence-corrected chi connectivity index (χ2v) is 6.85. The second kappa shape index (κ2) is 6.18. The van der Waals surface area contributed by atoms with Gasteiger partial charge < -0.3 is 10.4 Å². The molecule has 0 atom stereocenters. The third-order valence-corrected chi connectivity index (χ3v) is 4.94. The maximum absolute atomic E-state index is 12.2. The van der Waals surface area contributed by atoms with Gasteiger partial charge in [-0.2, -0.15) is 5.10 Å². The molecule has 0 saturated carbocycles. The monoisotopic (exact) mass is 323 g/mol. The van der Waals surface area contributed by atoms with Crippen molar-refractivity contribution >= 4 is 21.4 Å². The smallest absolute Gasteiger partial charge is 0.274 e. The Morgan fingerprint density at radius 1 is 1.32 bits per heavy atom. The molecule has 7 nitrogen and oxygen atoms in total. The summed E-state index contributed by atoms with van der Waals surface area (Å²) < 4.78 is 25.2. The van der Waals surface area contributed by atoms with Crippen molar-refractivity contribution in [2.75, 3.05) is 11.1 Å². The van der Waals surface area contributed by atoms with Crippen LogP contribution < -0.4 is 5.32 Å². The molecule has 1 aromatic heterocycles. The molecule has 0 radical (unpaired) electrons. The van der Waals surface area contributed by atoms with Gasteiger partial charge in [0.1, 0.15) is 11.4 Å². The highest BCUT2D eigenvalue weighted by atomic mass is 32.2. The number of aromatic hydroxyl groups is 1. The van der Waals surface area contributed by atoms with Crippen LogP contribution in [0.3, 0.4) is 0 Å². The summed E-state index contributed by atoms with van der Waals surface area (Å²) in [5.74, 6) is -0.736. The van der Waals surface area contributed by atoms with Gasteiger partial charge in [0.25, 0.3) is 5.91 Å². The van der Waals surface area contributed by atoms with E-state index in [0.29, 0.717) is 12.2 Å². The number of benzene rings is 1. The number of amides is 1. The fourth-order valence-electron chi connectivity index (χ4n) is 1.94. The van der Waals surface area contributed by atoms with Crippen LogP contribution in [0.25, 0.3) is 0 Å². The predicted molar refractivity (Wildman–Crippen MR) is 81.7 cm³/mol. The van der Waals surface area contributed by atoms with Gasteiger partial charge in [0.2, 0.25) is 0 Å². The lowest BCUT2D eigenvalue weighted by atomic mass is 10.2. The normalized spacial score (nSPS) is 11.4. The minimum Gasteiger partial charge on any atom is -0.506 e. The summed E-state index contributed by atoms with van der Waals surface area (Å²) >= 11 is 0. The van der Waals surface area contributed by atoms with E-state index in [4.69, 9.17) is 0 Å². The third-order valence-electron chi connectivity index (χ3n) is 3.20. The number of carbonyl (C=O) groups excluding carboxylic acids is 1. The van der Waals surface area contributed by atoms with E-state index in [1.807, 2.05) is 6.92 Å². The van der Waals surface area contributed by atoms with E-state index < -0.39 is 15.7 Å². The van der Waals surface area contributed by atoms with Crippen molar-refractivity contribution < 1.29 is 18.3 Å². The summed E-state index contributed by atoms with van der Waals surface area (Å²) in [5, 5.41) is 16.3. The lowest BCUT2D eigenvalue weighted by Gasteiger charge is -2.10. The number of sulfone groups is 1. The molecule has 2 N–H and O–H groups in total. The lowest BCUT2D eigenvalue weighted by molar-refractivity contribution is 0.101. The zero-order valence-corrected chi connectivity index (χ0v) is 13.1. The molecule has 2 aromatic rings. The quantitative estimate of drug-likeness (QED) is 0.815. The molecule has 2 rings (SSSR count). The maximum Gasteiger partial charge on any atom is 0.274 e. The van der Waals surface area contributed by atoms with Crippen LogP contribution in [-0.4, -0.2) is 35.0 Å². The topological polar surface area (TPSA) is 101 Å². The van der Waals surface area contributed by atoms with E-state index >= 15 is 0 Å². The van der Waals surface area contributed by atoms with Gasteiger partial charge in [0, 0.05) is 12.7 Å². The zero-order valence-electron chi connectivity index (χ0n) is 12.3. The lowest BCUT2D eigenvalue weighted by Crippen LogP contribution is -2.17. The van der Waals surface area contributed by atoms with Crippen LogP contribution in [0.4, 0.5) is 5.69 Å². The van der Waals surface area contributed by atoms with E-state index in [2.05, 4.69) is 10.4 Å². The average Bonchev–Trinajstić information content (AvgIpc) is 2.97. The number of phenols is 1. The Hall–Kier alpha value is -2.35. The van der Waals surface area contributed by atoms with Crippen molar-refractivity contribution in [2.45, 2.75) is 25.3 Å². The minimum absolute atomic E-state index is 0.0448. The first-order valence-electron chi connectivity index (χ1n) is 6.78. The molecule has 1 aromatic carbocycles. The summed E-state index contributed by atoms with van der Waals surface area (Å²) in [6.45, 7) is 3.89. The van der Waals surface area contributed by atoms with Gasteiger partial charge in [0.15, 0.2) is 9.84 Å². The Morgan fingerprint density at radius 3 is 2.68 bits per heavy atom. The maximum atomic E-state index is 12.2. The molecular weight excluding hydrogens is 306 g/mol. The van der Waals surface area contributed by atoms with Gasteiger partial charge in [0.05, 0.1) is 16.3 Å². The van der Waals surface area contributed by atoms with Crippen LogP contribution in [0.2, 0.25) is 0 Å². The summed E-state index contributed by atoms with van der Waals surface area (Å²) in [6, 6.07) is 5.34. The molecule has 0 aliphatic heterocycles. The first-order valence-corrected chi connectivity index (χ1v) is 8.43. The van der Waals surface area contributed by atoms with E-state index in [0.717, 1.165) is 0 Å². The van der Waals surface area contributed by atoms with Crippen LogP contribution in [0.1, 0.15) is 24.3 Å². The summed E-state index contributed by atoms with van der Waals surface area (Å²) in [5.41, 5.74) is 0.369. The molecule has 1 heterocycles. The van der Waals surface area contributed by atoms with Crippen LogP contribution in [0, 0.1) is 0 Å². The van der Waals surface area contributed by atoms with Crippen molar-refractivity contribution in [3.63, 3.8) is 0 Å². The predicted octanol–water partition coefficient (Wildman–Crippen LogP) is 1.65. The highest BCUT2D eigenvalue weighted by molar-refractivity contribution is 7.91. The number of anilines is 1. The Labute approximate surface area is 128 Å². The van der Waals surface area contributed by atoms with Crippen LogP contribution >= 0.6 is 0 Å². The van der Waals surface area contributed by atoms with E-state index in [-0.39, 0.29) is 22.1 Å². The van der Waals surface area contributed by atoms with Gasteiger partial charge >= 0.3 is 0 Å². The molecule has 0 bridgehead atoms. The standard InChI is InChI=1S/C14H17N3O4S/c1-3-17-12(7-8-15-17)14(19)16-11-9-10(5-6-13(11)18)22(20,21)4-2/h5-9,18H,3-4H2,1-2H3,(H,16,19). The average molecular weight is 323 g/mol. The first kappa shape index (κ1) is 16.0. The van der Waals surface area contributed by atoms with Crippen molar-refractivity contribution in [1.29, 1.82) is 0 Å². The number of nitrogens with one attached hydrogen (secondary N) is 1. The largest absolute Gasteiger partial charge is 0.506 e. The number of phenolic OH excluding ortho intramolecular Hbond substituents is 1. The van der Waals surface area contributed by atoms with Gasteiger partial charge in [-0.1, -0.05) is 6.92 Å². The molecular formula is C14H17N3O4S. The number of nitrogens with zero attached hydrogens (tertiary/aromatic N) is 2. The van der Waals surface area contributed by atoms with Gasteiger partial charge in [-0.05, 0) is 31.2 Å². The minimum atomic E-state index is -3.42. The fourth-order valence-corrected chi connectivity index (χ4v) is 2.85. The molecule has 0 aliphatic carbocycles. The van der Waals surface area contributed by atoms with Gasteiger partial charge in [-0.15, -0.1) is 0 Å². The zero-order chi connectivity index (χ0) is 16.3. The highest BCUT2D eigenvalue weighted by Gasteiger charge is 2.17. The molecule has 1 amide bonds. The van der Waals surface area contributed by atoms with E-state index in [9.17, 15) is 18.3 Å². The number of aryl methyl sites for hydroxylation is 1.